The zero-order valence-electron chi connectivity index (χ0n) is 14.1. The quantitative estimate of drug-likeness (QED) is 0.679. The first kappa shape index (κ1) is 17.3. The number of thiophene rings is 1. The number of nitrogens with two attached hydrogens (primary N) is 1. The van der Waals surface area contributed by atoms with Gasteiger partial charge in [-0.15, -0.1) is 11.3 Å². The van der Waals surface area contributed by atoms with Gasteiger partial charge in [-0.3, -0.25) is 4.79 Å². The number of hydrogen-bond acceptors (Lipinski definition) is 5. The van der Waals surface area contributed by atoms with Crippen molar-refractivity contribution in [2.75, 3.05) is 13.1 Å². The van der Waals surface area contributed by atoms with E-state index in [0.29, 0.717) is 18.0 Å². The van der Waals surface area contributed by atoms with E-state index in [1.807, 2.05) is 36.7 Å². The Balaban J connectivity index is 1.58. The molecule has 2 aromatic heterocycles. The highest BCUT2D eigenvalue weighted by molar-refractivity contribution is 7.12. The normalized spacial score (nSPS) is 12.1. The average molecular weight is 355 g/mol. The van der Waals surface area contributed by atoms with E-state index in [-0.39, 0.29) is 11.8 Å². The van der Waals surface area contributed by atoms with Crippen molar-refractivity contribution in [3.8, 4) is 11.4 Å². The lowest BCUT2D eigenvalue weighted by molar-refractivity contribution is 0.0951. The van der Waals surface area contributed by atoms with Crippen LogP contribution in [0.2, 0.25) is 0 Å². The molecular weight excluding hydrogens is 334 g/mol. The number of carbonyl (C=O) groups excluding carboxylic acids is 1. The first-order chi connectivity index (χ1) is 12.2. The number of nitrogens with one attached hydrogen (secondary N) is 1. The lowest BCUT2D eigenvalue weighted by atomic mass is 9.99. The van der Waals surface area contributed by atoms with Crippen molar-refractivity contribution in [2.24, 2.45) is 18.7 Å². The molecule has 0 spiro atoms. The van der Waals surface area contributed by atoms with Crippen molar-refractivity contribution in [3.05, 3.63) is 58.5 Å². The first-order valence-corrected chi connectivity index (χ1v) is 9.00. The number of amides is 1. The van der Waals surface area contributed by atoms with E-state index in [1.165, 1.54) is 23.2 Å². The minimum absolute atomic E-state index is 0.0788. The Kier molecular flexibility index (Phi) is 5.57. The Morgan fingerprint density at radius 3 is 2.84 bits per heavy atom. The van der Waals surface area contributed by atoms with E-state index in [4.69, 9.17) is 5.73 Å². The minimum Gasteiger partial charge on any atom is -0.351 e. The molecule has 130 valence electrons. The van der Waals surface area contributed by atoms with Gasteiger partial charge in [-0.05, 0) is 30.5 Å². The van der Waals surface area contributed by atoms with Crippen LogP contribution < -0.4 is 11.1 Å². The molecule has 0 bridgehead atoms. The van der Waals surface area contributed by atoms with Gasteiger partial charge < -0.3 is 11.1 Å². The Bertz CT molecular complexity index is 827. The monoisotopic (exact) mass is 355 g/mol. The fourth-order valence-electron chi connectivity index (χ4n) is 2.64. The summed E-state index contributed by atoms with van der Waals surface area (Å²) in [5.74, 6) is 0.883. The van der Waals surface area contributed by atoms with E-state index in [9.17, 15) is 4.79 Å². The summed E-state index contributed by atoms with van der Waals surface area (Å²) in [7, 11) is 1.83. The van der Waals surface area contributed by atoms with E-state index >= 15 is 0 Å². The molecule has 1 unspecified atom stereocenters. The summed E-state index contributed by atoms with van der Waals surface area (Å²) < 4.78 is 1.69. The number of carbonyl (C=O) groups is 1. The summed E-state index contributed by atoms with van der Waals surface area (Å²) in [5, 5.41) is 8.97. The largest absolute Gasteiger partial charge is 0.351 e. The average Bonchev–Trinajstić information content (AvgIpc) is 3.28. The fourth-order valence-corrected chi connectivity index (χ4v) is 3.44. The van der Waals surface area contributed by atoms with E-state index in [2.05, 4.69) is 27.5 Å². The molecule has 0 aliphatic heterocycles. The van der Waals surface area contributed by atoms with Crippen LogP contribution >= 0.6 is 11.3 Å². The van der Waals surface area contributed by atoms with Crippen LogP contribution in [0.5, 0.6) is 0 Å². The summed E-state index contributed by atoms with van der Waals surface area (Å²) in [6.07, 6.45) is 2.36. The number of aromatic nitrogens is 3. The highest BCUT2D eigenvalue weighted by atomic mass is 32.1. The van der Waals surface area contributed by atoms with Gasteiger partial charge in [0, 0.05) is 24.5 Å². The number of benzene rings is 1. The van der Waals surface area contributed by atoms with Gasteiger partial charge in [0.05, 0.1) is 4.88 Å². The maximum absolute atomic E-state index is 12.4. The maximum Gasteiger partial charge on any atom is 0.261 e. The third-order valence-corrected chi connectivity index (χ3v) is 4.97. The predicted molar refractivity (Wildman–Crippen MR) is 99.3 cm³/mol. The summed E-state index contributed by atoms with van der Waals surface area (Å²) in [6.45, 7) is 1.09. The fraction of sp³-hybridized carbons (Fsp3) is 0.278. The zero-order chi connectivity index (χ0) is 17.6. The van der Waals surface area contributed by atoms with Gasteiger partial charge in [-0.1, -0.05) is 30.3 Å². The van der Waals surface area contributed by atoms with E-state index in [1.54, 1.807) is 4.68 Å². The van der Waals surface area contributed by atoms with Gasteiger partial charge >= 0.3 is 0 Å². The molecule has 1 aromatic carbocycles. The lowest BCUT2D eigenvalue weighted by Crippen LogP contribution is -2.33. The Morgan fingerprint density at radius 1 is 1.36 bits per heavy atom. The molecule has 3 rings (SSSR count). The second-order valence-corrected chi connectivity index (χ2v) is 6.82. The molecular formula is C18H21N5OS. The molecule has 3 aromatic rings. The lowest BCUT2D eigenvalue weighted by Gasteiger charge is -2.15. The highest BCUT2D eigenvalue weighted by Crippen LogP contribution is 2.23. The summed E-state index contributed by atoms with van der Waals surface area (Å²) in [5.41, 5.74) is 7.99. The first-order valence-electron chi connectivity index (χ1n) is 8.12. The molecule has 0 radical (unpaired) electrons. The molecule has 2 heterocycles. The van der Waals surface area contributed by atoms with Crippen LogP contribution in [0.15, 0.2) is 48.1 Å². The number of rotatable bonds is 7. The molecule has 25 heavy (non-hydrogen) atoms. The maximum atomic E-state index is 12.4. The SMILES string of the molecule is Cn1ncnc1-c1csc(C(=O)NCC(CN)Cc2ccccc2)c1. The predicted octanol–water partition coefficient (Wildman–Crippen LogP) is 2.09. The van der Waals surface area contributed by atoms with Crippen LogP contribution in [0.4, 0.5) is 0 Å². The molecule has 0 aliphatic rings. The van der Waals surface area contributed by atoms with Gasteiger partial charge in [0.1, 0.15) is 6.33 Å². The molecule has 3 N–H and O–H groups in total. The second-order valence-electron chi connectivity index (χ2n) is 5.91. The third kappa shape index (κ3) is 4.32. The van der Waals surface area contributed by atoms with Crippen LogP contribution in [-0.4, -0.2) is 33.8 Å². The third-order valence-electron chi connectivity index (χ3n) is 4.04. The molecule has 1 amide bonds. The molecule has 0 saturated heterocycles. The summed E-state index contributed by atoms with van der Waals surface area (Å²) in [4.78, 5) is 17.3. The molecule has 7 heteroatoms. The summed E-state index contributed by atoms with van der Waals surface area (Å²) in [6, 6.07) is 12.0. The van der Waals surface area contributed by atoms with Crippen LogP contribution in [0, 0.1) is 5.92 Å². The van der Waals surface area contributed by atoms with Crippen LogP contribution in [0.3, 0.4) is 0 Å². The molecule has 0 saturated carbocycles. The van der Waals surface area contributed by atoms with Crippen LogP contribution in [0.25, 0.3) is 11.4 Å². The molecule has 1 atom stereocenters. The van der Waals surface area contributed by atoms with Crippen molar-refractivity contribution >= 4 is 17.2 Å². The Labute approximate surface area is 150 Å². The van der Waals surface area contributed by atoms with Gasteiger partial charge in [-0.2, -0.15) is 5.10 Å². The van der Waals surface area contributed by atoms with E-state index < -0.39 is 0 Å². The standard InChI is InChI=1S/C18H21N5OS/c1-23-17(21-12-22-23)15-8-16(25-11-15)18(24)20-10-14(9-19)7-13-5-3-2-4-6-13/h2-6,8,11-12,14H,7,9-10,19H2,1H3,(H,20,24). The smallest absolute Gasteiger partial charge is 0.261 e. The van der Waals surface area contributed by atoms with Crippen LogP contribution in [0.1, 0.15) is 15.2 Å². The van der Waals surface area contributed by atoms with Crippen molar-refractivity contribution in [1.82, 2.24) is 20.1 Å². The van der Waals surface area contributed by atoms with Crippen molar-refractivity contribution in [3.63, 3.8) is 0 Å². The molecule has 0 aliphatic carbocycles. The number of nitrogens with zero attached hydrogens (tertiary/aromatic N) is 3. The number of aryl methyl sites for hydroxylation is 1. The Hall–Kier alpha value is -2.51. The number of hydrogen-bond donors (Lipinski definition) is 2. The van der Waals surface area contributed by atoms with Gasteiger partial charge in [-0.25, -0.2) is 9.67 Å². The summed E-state index contributed by atoms with van der Waals surface area (Å²) >= 11 is 1.40. The Morgan fingerprint density at radius 2 is 2.16 bits per heavy atom. The highest BCUT2D eigenvalue weighted by Gasteiger charge is 2.15. The van der Waals surface area contributed by atoms with Gasteiger partial charge in [0.15, 0.2) is 5.82 Å². The second kappa shape index (κ2) is 8.04. The zero-order valence-corrected chi connectivity index (χ0v) is 14.9. The van der Waals surface area contributed by atoms with Gasteiger partial charge in [0.2, 0.25) is 0 Å². The van der Waals surface area contributed by atoms with Crippen LogP contribution in [-0.2, 0) is 13.5 Å². The molecule has 0 fully saturated rings. The van der Waals surface area contributed by atoms with Crippen molar-refractivity contribution in [1.29, 1.82) is 0 Å². The van der Waals surface area contributed by atoms with Crippen molar-refractivity contribution in [2.45, 2.75) is 6.42 Å². The topological polar surface area (TPSA) is 85.8 Å². The van der Waals surface area contributed by atoms with Gasteiger partial charge in [0.25, 0.3) is 5.91 Å². The minimum atomic E-state index is -0.0788. The van der Waals surface area contributed by atoms with E-state index in [0.717, 1.165) is 17.8 Å². The van der Waals surface area contributed by atoms with Crippen molar-refractivity contribution < 1.29 is 4.79 Å². The molecule has 6 nitrogen and oxygen atoms in total.